The molecule has 0 amide bonds. The Morgan fingerprint density at radius 3 is 2.90 bits per heavy atom. The predicted molar refractivity (Wildman–Crippen MR) is 75.7 cm³/mol. The summed E-state index contributed by atoms with van der Waals surface area (Å²) in [4.78, 5) is 11.5. The van der Waals surface area contributed by atoms with Gasteiger partial charge in [-0.15, -0.1) is 0 Å². The van der Waals surface area contributed by atoms with Crippen molar-refractivity contribution in [1.82, 2.24) is 5.31 Å². The van der Waals surface area contributed by atoms with Crippen LogP contribution in [0.1, 0.15) is 47.6 Å². The summed E-state index contributed by atoms with van der Waals surface area (Å²) in [5.74, 6) is -0.330. The van der Waals surface area contributed by atoms with Crippen LogP contribution in [0.15, 0.2) is 24.3 Å². The Labute approximate surface area is 120 Å². The molecule has 4 heteroatoms. The van der Waals surface area contributed by atoms with Crippen LogP contribution in [0, 0.1) is 0 Å². The first-order chi connectivity index (χ1) is 10.1. The van der Waals surface area contributed by atoms with Gasteiger partial charge in [-0.2, -0.15) is 0 Å². The molecule has 0 saturated carbocycles. The number of carbonyl (C=O) groups is 1. The zero-order valence-electron chi connectivity index (χ0n) is 12.8. The minimum atomic E-state index is -0.330. The molecule has 2 aliphatic rings. The summed E-state index contributed by atoms with van der Waals surface area (Å²) in [6.07, 6.45) is 4.00. The number of methoxy groups -OCH3 is 1. The third-order valence-electron chi connectivity index (χ3n) is 4.38. The number of benzene rings is 1. The molecule has 0 aliphatic carbocycles. The summed E-state index contributed by atoms with van der Waals surface area (Å²) in [6.45, 7) is 1.56. The Kier molecular flexibility index (Phi) is 3.42. The maximum Gasteiger partial charge on any atom is 0.337 e. The first-order valence-corrected chi connectivity index (χ1v) is 7.21. The topological polar surface area (TPSA) is 47.6 Å². The molecule has 2 heterocycles. The Morgan fingerprint density at radius 2 is 2.25 bits per heavy atom. The lowest BCUT2D eigenvalue weighted by Crippen LogP contribution is -2.43. The molecule has 4 nitrogen and oxygen atoms in total. The second-order valence-electron chi connectivity index (χ2n) is 5.62. The van der Waals surface area contributed by atoms with E-state index in [-0.39, 0.29) is 17.6 Å². The van der Waals surface area contributed by atoms with Crippen molar-refractivity contribution in [2.75, 3.05) is 20.3 Å². The number of piperidine rings is 1. The summed E-state index contributed by atoms with van der Waals surface area (Å²) < 4.78 is 18.9. The lowest BCUT2D eigenvalue weighted by molar-refractivity contribution is -0.0310. The number of hydrogen-bond acceptors (Lipinski definition) is 4. The lowest BCUT2D eigenvalue weighted by Gasteiger charge is -2.38. The van der Waals surface area contributed by atoms with Gasteiger partial charge in [-0.25, -0.2) is 4.79 Å². The van der Waals surface area contributed by atoms with Crippen molar-refractivity contribution in [3.63, 3.8) is 0 Å². The molecule has 1 aromatic rings. The number of hydrogen-bond donors (Lipinski definition) is 1. The highest BCUT2D eigenvalue weighted by Gasteiger charge is 2.40. The number of ether oxygens (including phenoxy) is 2. The van der Waals surface area contributed by atoms with Crippen LogP contribution in [-0.4, -0.2) is 31.8 Å². The largest absolute Gasteiger partial charge is 0.465 e. The van der Waals surface area contributed by atoms with Gasteiger partial charge in [-0.05, 0) is 49.9 Å². The summed E-state index contributed by atoms with van der Waals surface area (Å²) >= 11 is 0. The van der Waals surface area contributed by atoms with Crippen molar-refractivity contribution in [3.05, 3.63) is 35.4 Å². The maximum absolute atomic E-state index is 11.5. The Hall–Kier alpha value is -1.39. The summed E-state index contributed by atoms with van der Waals surface area (Å²) in [7, 11) is 1.38. The molecule has 2 saturated heterocycles. The van der Waals surface area contributed by atoms with E-state index in [0.717, 1.165) is 44.4 Å². The summed E-state index contributed by atoms with van der Waals surface area (Å²) in [6, 6.07) is 7.42. The standard InChI is InChI=1S/C16H21NO3/c1-19-15(18)13-5-3-12(4-6-13)14-11-16(8-9-17-14)7-2-10-20-16/h3-6,14,17H,2,7-11H2,1H3/t14-,16?/m0/s1/i/hD. The molecule has 2 fully saturated rings. The molecule has 2 atom stereocenters. The van der Waals surface area contributed by atoms with E-state index in [1.165, 1.54) is 7.11 Å². The second-order valence-corrected chi connectivity index (χ2v) is 5.62. The van der Waals surface area contributed by atoms with Crippen LogP contribution < -0.4 is 5.31 Å². The Balaban J connectivity index is 1.79. The molecule has 1 N–H and O–H groups in total. The van der Waals surface area contributed by atoms with E-state index < -0.39 is 0 Å². The molecule has 3 rings (SSSR count). The fourth-order valence-electron chi connectivity index (χ4n) is 3.24. The molecule has 1 spiro atoms. The molecule has 1 aromatic carbocycles. The van der Waals surface area contributed by atoms with Gasteiger partial charge in [0.25, 0.3) is 0 Å². The molecule has 108 valence electrons. The van der Waals surface area contributed by atoms with E-state index in [9.17, 15) is 4.79 Å². The van der Waals surface area contributed by atoms with E-state index in [4.69, 9.17) is 10.9 Å². The number of nitrogens with one attached hydrogen (secondary N) is 1. The Bertz CT molecular complexity index is 511. The van der Waals surface area contributed by atoms with Crippen LogP contribution in [-0.2, 0) is 9.47 Å². The average molecular weight is 276 g/mol. The van der Waals surface area contributed by atoms with Gasteiger partial charge in [0.1, 0.15) is 1.41 Å². The third-order valence-corrected chi connectivity index (χ3v) is 4.38. The molecule has 1 unspecified atom stereocenters. The summed E-state index contributed by atoms with van der Waals surface area (Å²) in [5.41, 5.74) is 1.57. The number of rotatable bonds is 2. The second kappa shape index (κ2) is 5.54. The van der Waals surface area contributed by atoms with Crippen molar-refractivity contribution in [3.8, 4) is 0 Å². The zero-order chi connectivity index (χ0) is 14.9. The number of carbonyl (C=O) groups excluding carboxylic acids is 1. The first kappa shape index (κ1) is 12.4. The highest BCUT2D eigenvalue weighted by atomic mass is 16.5. The fraction of sp³-hybridized carbons (Fsp3) is 0.562. The molecule has 20 heavy (non-hydrogen) atoms. The molecule has 2 aliphatic heterocycles. The van der Waals surface area contributed by atoms with Gasteiger partial charge in [0.15, 0.2) is 0 Å². The number of esters is 1. The van der Waals surface area contributed by atoms with Crippen molar-refractivity contribution in [2.45, 2.75) is 37.3 Å². The molecular formula is C16H21NO3. The first-order valence-electron chi connectivity index (χ1n) is 7.66. The van der Waals surface area contributed by atoms with Crippen LogP contribution in [0.4, 0.5) is 0 Å². The van der Waals surface area contributed by atoms with Gasteiger partial charge in [0, 0.05) is 12.6 Å². The third kappa shape index (κ3) is 2.58. The van der Waals surface area contributed by atoms with Gasteiger partial charge >= 0.3 is 5.97 Å². The monoisotopic (exact) mass is 276 g/mol. The van der Waals surface area contributed by atoms with E-state index >= 15 is 0 Å². The zero-order valence-corrected chi connectivity index (χ0v) is 11.8. The SMILES string of the molecule is [2H]N1CCC2(CCCO2)C[C@H]1c1ccc(C(=O)OC)cc1. The molecular weight excluding hydrogens is 254 g/mol. The van der Waals surface area contributed by atoms with Gasteiger partial charge in [-0.1, -0.05) is 12.1 Å². The normalized spacial score (nSPS) is 31.2. The average Bonchev–Trinajstić information content (AvgIpc) is 2.98. The molecule has 0 radical (unpaired) electrons. The highest BCUT2D eigenvalue weighted by Crippen LogP contribution is 2.39. The maximum atomic E-state index is 11.5. The fourth-order valence-corrected chi connectivity index (χ4v) is 3.24. The lowest BCUT2D eigenvalue weighted by atomic mass is 9.83. The van der Waals surface area contributed by atoms with Gasteiger partial charge in [0.05, 0.1) is 18.3 Å². The van der Waals surface area contributed by atoms with Gasteiger partial charge < -0.3 is 14.8 Å². The van der Waals surface area contributed by atoms with Gasteiger partial charge in [-0.3, -0.25) is 0 Å². The van der Waals surface area contributed by atoms with E-state index in [2.05, 4.69) is 0 Å². The predicted octanol–water partition coefficient (Wildman–Crippen LogP) is 2.45. The minimum absolute atomic E-state index is 0.0311. The highest BCUT2D eigenvalue weighted by molar-refractivity contribution is 5.89. The molecule has 0 bridgehead atoms. The van der Waals surface area contributed by atoms with E-state index in [0.29, 0.717) is 5.56 Å². The van der Waals surface area contributed by atoms with Crippen LogP contribution in [0.5, 0.6) is 0 Å². The van der Waals surface area contributed by atoms with Crippen LogP contribution in [0.2, 0.25) is 1.41 Å². The van der Waals surface area contributed by atoms with Crippen LogP contribution >= 0.6 is 0 Å². The van der Waals surface area contributed by atoms with Gasteiger partial charge in [0.2, 0.25) is 0 Å². The van der Waals surface area contributed by atoms with E-state index in [1.807, 2.05) is 12.1 Å². The summed E-state index contributed by atoms with van der Waals surface area (Å²) in [5, 5.41) is 1.64. The van der Waals surface area contributed by atoms with Crippen LogP contribution in [0.3, 0.4) is 0 Å². The van der Waals surface area contributed by atoms with Crippen molar-refractivity contribution in [2.24, 2.45) is 0 Å². The van der Waals surface area contributed by atoms with E-state index in [1.54, 1.807) is 17.4 Å². The van der Waals surface area contributed by atoms with Crippen molar-refractivity contribution >= 4 is 5.97 Å². The quantitative estimate of drug-likeness (QED) is 0.843. The Morgan fingerprint density at radius 1 is 1.45 bits per heavy atom. The van der Waals surface area contributed by atoms with Crippen molar-refractivity contribution < 1.29 is 15.7 Å². The van der Waals surface area contributed by atoms with Crippen molar-refractivity contribution in [1.29, 1.82) is 0 Å². The smallest absolute Gasteiger partial charge is 0.337 e. The van der Waals surface area contributed by atoms with Crippen LogP contribution in [0.25, 0.3) is 0 Å². The molecule has 0 aromatic heterocycles. The minimum Gasteiger partial charge on any atom is -0.465 e.